The lowest BCUT2D eigenvalue weighted by molar-refractivity contribution is -0.117. The van der Waals surface area contributed by atoms with Crippen LogP contribution in [-0.2, 0) is 8.98 Å². The van der Waals surface area contributed by atoms with Gasteiger partial charge in [0.1, 0.15) is 6.61 Å². The third-order valence-corrected chi connectivity index (χ3v) is 2.27. The number of rotatable bonds is 0. The van der Waals surface area contributed by atoms with E-state index < -0.39 is 0 Å². The van der Waals surface area contributed by atoms with Gasteiger partial charge in [-0.25, -0.2) is 0 Å². The van der Waals surface area contributed by atoms with Gasteiger partial charge in [0.2, 0.25) is 0 Å². The summed E-state index contributed by atoms with van der Waals surface area (Å²) >= 11 is 1.23. The Balaban J connectivity index is 2.37. The van der Waals surface area contributed by atoms with E-state index in [1.807, 2.05) is 24.3 Å². The number of benzene rings is 1. The van der Waals surface area contributed by atoms with Gasteiger partial charge >= 0.3 is 0 Å². The summed E-state index contributed by atoms with van der Waals surface area (Å²) in [7, 11) is 0. The first-order chi connectivity index (χ1) is 5.86. The minimum atomic E-state index is -0.104. The molecule has 1 aliphatic heterocycles. The normalized spacial score (nSPS) is 16.2. The first kappa shape index (κ1) is 7.64. The van der Waals surface area contributed by atoms with Crippen LogP contribution in [0.2, 0.25) is 0 Å². The van der Waals surface area contributed by atoms with E-state index in [0.29, 0.717) is 0 Å². The molecule has 0 fully saturated rings. The largest absolute Gasteiger partial charge is 0.323 e. The second-order valence-electron chi connectivity index (χ2n) is 2.39. The lowest BCUT2D eigenvalue weighted by Gasteiger charge is -2.01. The first-order valence-corrected chi connectivity index (χ1v) is 4.29. The second kappa shape index (κ2) is 3.16. The number of amides is 1. The number of nitrogens with one attached hydrogen (secondary N) is 1. The van der Waals surface area contributed by atoms with Crippen LogP contribution in [-0.4, -0.2) is 12.5 Å². The van der Waals surface area contributed by atoms with Gasteiger partial charge in [-0.05, 0) is 12.1 Å². The van der Waals surface area contributed by atoms with Gasteiger partial charge in [-0.1, -0.05) is 12.1 Å². The van der Waals surface area contributed by atoms with Gasteiger partial charge in [0.15, 0.2) is 0 Å². The third-order valence-electron chi connectivity index (χ3n) is 1.50. The minimum Gasteiger partial charge on any atom is -0.323 e. The van der Waals surface area contributed by atoms with Gasteiger partial charge in [-0.15, -0.1) is 0 Å². The summed E-state index contributed by atoms with van der Waals surface area (Å²) in [4.78, 5) is 11.9. The summed E-state index contributed by atoms with van der Waals surface area (Å²) in [5.74, 6) is -0.104. The van der Waals surface area contributed by atoms with E-state index >= 15 is 0 Å². The molecule has 1 amide bonds. The molecule has 1 heterocycles. The van der Waals surface area contributed by atoms with Crippen molar-refractivity contribution in [1.29, 1.82) is 0 Å². The van der Waals surface area contributed by atoms with Crippen molar-refractivity contribution in [3.05, 3.63) is 24.3 Å². The van der Waals surface area contributed by atoms with Crippen molar-refractivity contribution in [3.63, 3.8) is 0 Å². The van der Waals surface area contributed by atoms with Crippen LogP contribution >= 0.6 is 12.0 Å². The molecule has 0 atom stereocenters. The number of carbonyl (C=O) groups excluding carboxylic acids is 1. The fourth-order valence-corrected chi connectivity index (χ4v) is 1.61. The van der Waals surface area contributed by atoms with Crippen LogP contribution in [0.1, 0.15) is 0 Å². The van der Waals surface area contributed by atoms with Crippen molar-refractivity contribution in [2.24, 2.45) is 0 Å². The van der Waals surface area contributed by atoms with Crippen molar-refractivity contribution in [3.8, 4) is 0 Å². The summed E-state index contributed by atoms with van der Waals surface area (Å²) < 4.78 is 5.04. The lowest BCUT2D eigenvalue weighted by atomic mass is 10.3. The molecule has 0 radical (unpaired) electrons. The molecule has 0 aliphatic carbocycles. The third kappa shape index (κ3) is 1.44. The molecular weight excluding hydrogens is 174 g/mol. The molecule has 0 saturated heterocycles. The molecule has 0 unspecified atom stereocenters. The fraction of sp³-hybridized carbons (Fsp3) is 0.125. The van der Waals surface area contributed by atoms with Crippen molar-refractivity contribution in [2.45, 2.75) is 4.90 Å². The molecule has 3 nitrogen and oxygen atoms in total. The van der Waals surface area contributed by atoms with Gasteiger partial charge in [0.05, 0.1) is 10.6 Å². The predicted molar refractivity (Wildman–Crippen MR) is 46.9 cm³/mol. The van der Waals surface area contributed by atoms with Gasteiger partial charge in [0.25, 0.3) is 5.91 Å². The maximum Gasteiger partial charge on any atom is 0.251 e. The molecule has 0 spiro atoms. The minimum absolute atomic E-state index is 0.104. The molecule has 1 aromatic carbocycles. The summed E-state index contributed by atoms with van der Waals surface area (Å²) in [6.45, 7) is 0.110. The van der Waals surface area contributed by atoms with Gasteiger partial charge < -0.3 is 9.50 Å². The van der Waals surface area contributed by atoms with Crippen LogP contribution in [0.4, 0.5) is 5.69 Å². The Morgan fingerprint density at radius 2 is 2.25 bits per heavy atom. The van der Waals surface area contributed by atoms with E-state index in [1.54, 1.807) is 0 Å². The highest BCUT2D eigenvalue weighted by Gasteiger charge is 2.12. The quantitative estimate of drug-likeness (QED) is 0.618. The van der Waals surface area contributed by atoms with Crippen molar-refractivity contribution in [2.75, 3.05) is 11.9 Å². The van der Waals surface area contributed by atoms with Crippen LogP contribution in [0.25, 0.3) is 0 Å². The average molecular weight is 181 g/mol. The number of anilines is 1. The maximum atomic E-state index is 11.0. The standard InChI is InChI=1S/C8H7NO2S/c10-8-5-11-12-7-4-2-1-3-6(7)9-8/h1-4H,5H2,(H,9,10). The Bertz CT molecular complexity index is 314. The van der Waals surface area contributed by atoms with Crippen LogP contribution in [0.5, 0.6) is 0 Å². The SMILES string of the molecule is O=C1COSc2ccccc2N1. The van der Waals surface area contributed by atoms with E-state index in [-0.39, 0.29) is 12.5 Å². The Labute approximate surface area is 74.3 Å². The predicted octanol–water partition coefficient (Wildman–Crippen LogP) is 1.66. The maximum absolute atomic E-state index is 11.0. The Hall–Kier alpha value is -1.00. The van der Waals surface area contributed by atoms with E-state index in [2.05, 4.69) is 5.32 Å². The van der Waals surface area contributed by atoms with Crippen LogP contribution in [0.3, 0.4) is 0 Å². The van der Waals surface area contributed by atoms with Crippen LogP contribution < -0.4 is 5.32 Å². The summed E-state index contributed by atoms with van der Waals surface area (Å²) in [6.07, 6.45) is 0. The molecule has 2 rings (SSSR count). The Kier molecular flexibility index (Phi) is 2.01. The molecule has 0 saturated carbocycles. The first-order valence-electron chi connectivity index (χ1n) is 3.54. The van der Waals surface area contributed by atoms with E-state index in [9.17, 15) is 4.79 Å². The summed E-state index contributed by atoms with van der Waals surface area (Å²) in [5, 5.41) is 2.74. The number of fused-ring (bicyclic) bond motifs is 1. The zero-order chi connectivity index (χ0) is 8.39. The van der Waals surface area contributed by atoms with Gasteiger partial charge in [-0.2, -0.15) is 0 Å². The summed E-state index contributed by atoms with van der Waals surface area (Å²) in [5.41, 5.74) is 0.824. The van der Waals surface area contributed by atoms with E-state index in [0.717, 1.165) is 10.6 Å². The van der Waals surface area contributed by atoms with Crippen molar-refractivity contribution in [1.82, 2.24) is 0 Å². The Morgan fingerprint density at radius 3 is 3.17 bits per heavy atom. The number of hydrogen-bond acceptors (Lipinski definition) is 3. The molecule has 1 N–H and O–H groups in total. The average Bonchev–Trinajstić information content (AvgIpc) is 2.25. The molecule has 62 valence electrons. The second-order valence-corrected chi connectivity index (χ2v) is 3.23. The summed E-state index contributed by atoms with van der Waals surface area (Å²) in [6, 6.07) is 7.55. The van der Waals surface area contributed by atoms with Crippen molar-refractivity contribution >= 4 is 23.6 Å². The lowest BCUT2D eigenvalue weighted by Crippen LogP contribution is -2.14. The molecule has 0 bridgehead atoms. The smallest absolute Gasteiger partial charge is 0.251 e. The van der Waals surface area contributed by atoms with Crippen molar-refractivity contribution < 1.29 is 8.98 Å². The fourth-order valence-electron chi connectivity index (χ4n) is 0.975. The van der Waals surface area contributed by atoms with Crippen LogP contribution in [0.15, 0.2) is 29.2 Å². The van der Waals surface area contributed by atoms with E-state index in [1.165, 1.54) is 12.0 Å². The number of carbonyl (C=O) groups is 1. The van der Waals surface area contributed by atoms with E-state index in [4.69, 9.17) is 4.18 Å². The Morgan fingerprint density at radius 1 is 1.42 bits per heavy atom. The van der Waals surface area contributed by atoms with Gasteiger partial charge in [-0.3, -0.25) is 4.79 Å². The molecule has 4 heteroatoms. The molecule has 1 aromatic rings. The van der Waals surface area contributed by atoms with Gasteiger partial charge in [0, 0.05) is 12.0 Å². The topological polar surface area (TPSA) is 38.3 Å². The molecular formula is C8H7NO2S. The number of para-hydroxylation sites is 1. The number of hydrogen-bond donors (Lipinski definition) is 1. The molecule has 0 aromatic heterocycles. The van der Waals surface area contributed by atoms with Crippen LogP contribution in [0, 0.1) is 0 Å². The molecule has 12 heavy (non-hydrogen) atoms. The molecule has 1 aliphatic rings. The highest BCUT2D eigenvalue weighted by molar-refractivity contribution is 7.94. The monoisotopic (exact) mass is 181 g/mol. The zero-order valence-electron chi connectivity index (χ0n) is 6.24. The highest BCUT2D eigenvalue weighted by Crippen LogP contribution is 2.29. The zero-order valence-corrected chi connectivity index (χ0v) is 7.06. The highest BCUT2D eigenvalue weighted by atomic mass is 32.2.